The number of nitrogens with zero attached hydrogens (tertiary/aromatic N) is 2. The van der Waals surface area contributed by atoms with Gasteiger partial charge < -0.3 is 15.0 Å². The zero-order valence-electron chi connectivity index (χ0n) is 21.7. The Morgan fingerprint density at radius 3 is 2.64 bits per heavy atom. The molecule has 0 spiro atoms. The van der Waals surface area contributed by atoms with E-state index in [1.807, 2.05) is 0 Å². The molecule has 0 unspecified atom stereocenters. The first-order chi connectivity index (χ1) is 17.4. The summed E-state index contributed by atoms with van der Waals surface area (Å²) in [6, 6.07) is 6.85. The lowest BCUT2D eigenvalue weighted by Crippen LogP contribution is -2.56. The van der Waals surface area contributed by atoms with E-state index in [9.17, 15) is 4.79 Å². The number of ether oxygens (including phenoxy) is 1. The summed E-state index contributed by atoms with van der Waals surface area (Å²) >= 11 is 0. The van der Waals surface area contributed by atoms with E-state index in [2.05, 4.69) is 64.2 Å². The van der Waals surface area contributed by atoms with Gasteiger partial charge in [0.15, 0.2) is 5.82 Å². The van der Waals surface area contributed by atoms with Gasteiger partial charge in [-0.15, -0.1) is 6.42 Å². The van der Waals surface area contributed by atoms with Crippen molar-refractivity contribution in [1.29, 1.82) is 0 Å². The van der Waals surface area contributed by atoms with Crippen molar-refractivity contribution in [3.05, 3.63) is 58.7 Å². The van der Waals surface area contributed by atoms with E-state index in [1.54, 1.807) is 6.20 Å². The lowest BCUT2D eigenvalue weighted by Gasteiger charge is -2.48. The number of aromatic amines is 1. The highest BCUT2D eigenvalue weighted by molar-refractivity contribution is 5.95. The van der Waals surface area contributed by atoms with Crippen LogP contribution in [0.1, 0.15) is 79.0 Å². The second kappa shape index (κ2) is 10.3. The van der Waals surface area contributed by atoms with E-state index in [1.165, 1.54) is 16.7 Å². The summed E-state index contributed by atoms with van der Waals surface area (Å²) in [6.07, 6.45) is 15.0. The Bertz CT molecular complexity index is 1170. The quantitative estimate of drug-likeness (QED) is 0.470. The van der Waals surface area contributed by atoms with Crippen LogP contribution in [0.3, 0.4) is 0 Å². The number of H-pyrrole nitrogens is 1. The Morgan fingerprint density at radius 2 is 1.97 bits per heavy atom. The molecule has 0 saturated carbocycles. The highest BCUT2D eigenvalue weighted by Crippen LogP contribution is 2.43. The van der Waals surface area contributed by atoms with Crippen molar-refractivity contribution >= 4 is 11.4 Å². The normalized spacial score (nSPS) is 22.0. The minimum absolute atomic E-state index is 0.0190. The fourth-order valence-corrected chi connectivity index (χ4v) is 6.02. The SMILES string of the molecule is C#Cc1cnc(C(=O)Cc2ccc(C3(N4CCNCC4)CCOCC3)cc2C2=CCC(C)(C)CC2)[nH]1. The van der Waals surface area contributed by atoms with Gasteiger partial charge in [-0.25, -0.2) is 4.98 Å². The predicted octanol–water partition coefficient (Wildman–Crippen LogP) is 4.32. The molecule has 190 valence electrons. The summed E-state index contributed by atoms with van der Waals surface area (Å²) in [5, 5.41) is 3.50. The zero-order valence-corrected chi connectivity index (χ0v) is 21.7. The Balaban J connectivity index is 1.53. The maximum Gasteiger partial charge on any atom is 0.202 e. The monoisotopic (exact) mass is 486 g/mol. The number of allylic oxidation sites excluding steroid dienone is 2. The van der Waals surface area contributed by atoms with Crippen LogP contribution in [0.5, 0.6) is 0 Å². The Labute approximate surface area is 214 Å². The lowest BCUT2D eigenvalue weighted by atomic mass is 9.74. The second-order valence-corrected chi connectivity index (χ2v) is 11.2. The van der Waals surface area contributed by atoms with Gasteiger partial charge in [-0.1, -0.05) is 38.0 Å². The number of hydrogen-bond acceptors (Lipinski definition) is 5. The second-order valence-electron chi connectivity index (χ2n) is 11.2. The molecule has 2 aliphatic heterocycles. The number of hydrogen-bond donors (Lipinski definition) is 2. The number of piperazine rings is 1. The van der Waals surface area contributed by atoms with Crippen molar-refractivity contribution in [3.63, 3.8) is 0 Å². The van der Waals surface area contributed by atoms with Crippen LogP contribution < -0.4 is 5.32 Å². The molecule has 2 N–H and O–H groups in total. The maximum absolute atomic E-state index is 13.2. The molecule has 1 aromatic carbocycles. The number of carbonyl (C=O) groups is 1. The molecule has 0 radical (unpaired) electrons. The number of imidazole rings is 1. The highest BCUT2D eigenvalue weighted by atomic mass is 16.5. The summed E-state index contributed by atoms with van der Waals surface area (Å²) in [5.41, 5.74) is 5.84. The summed E-state index contributed by atoms with van der Waals surface area (Å²) in [4.78, 5) is 23.0. The standard InChI is InChI=1S/C30H38N4O2/c1-4-25-21-32-28(33-25)27(35)19-23-5-6-24(20-26(23)22-7-9-29(2,3)10-8-22)30(11-17-36-18-12-30)34-15-13-31-14-16-34/h1,5-7,20-21,31H,8-19H2,2-3H3,(H,32,33). The molecule has 1 aromatic heterocycles. The summed E-state index contributed by atoms with van der Waals surface area (Å²) in [7, 11) is 0. The van der Waals surface area contributed by atoms with Crippen LogP contribution >= 0.6 is 0 Å². The molecule has 2 saturated heterocycles. The van der Waals surface area contributed by atoms with Crippen molar-refractivity contribution < 1.29 is 9.53 Å². The molecule has 0 bridgehead atoms. The third-order valence-corrected chi connectivity index (χ3v) is 8.35. The number of nitrogens with one attached hydrogen (secondary N) is 2. The number of aromatic nitrogens is 2. The summed E-state index contributed by atoms with van der Waals surface area (Å²) < 4.78 is 5.82. The first kappa shape index (κ1) is 25.0. The van der Waals surface area contributed by atoms with E-state index < -0.39 is 0 Å². The number of rotatable bonds is 6. The van der Waals surface area contributed by atoms with E-state index in [0.717, 1.165) is 77.1 Å². The number of benzene rings is 1. The average Bonchev–Trinajstić information content (AvgIpc) is 3.40. The Hall–Kier alpha value is -2.72. The van der Waals surface area contributed by atoms with Gasteiger partial charge in [-0.2, -0.15) is 0 Å². The Morgan fingerprint density at radius 1 is 1.19 bits per heavy atom. The molecule has 3 heterocycles. The molecule has 3 aliphatic rings. The van der Waals surface area contributed by atoms with E-state index >= 15 is 0 Å². The minimum atomic E-state index is -0.0369. The van der Waals surface area contributed by atoms with Crippen LogP contribution in [0.4, 0.5) is 0 Å². The molecule has 36 heavy (non-hydrogen) atoms. The van der Waals surface area contributed by atoms with Crippen LogP contribution in [-0.4, -0.2) is 60.0 Å². The largest absolute Gasteiger partial charge is 0.381 e. The average molecular weight is 487 g/mol. The number of ketones is 1. The fourth-order valence-electron chi connectivity index (χ4n) is 6.02. The molecule has 5 rings (SSSR count). The highest BCUT2D eigenvalue weighted by Gasteiger charge is 2.41. The zero-order chi connectivity index (χ0) is 25.2. The third kappa shape index (κ3) is 5.06. The maximum atomic E-state index is 13.2. The van der Waals surface area contributed by atoms with Gasteiger partial charge in [-0.05, 0) is 65.8 Å². The molecule has 1 aliphatic carbocycles. The molecule has 0 atom stereocenters. The molecule has 2 aromatic rings. The first-order valence-corrected chi connectivity index (χ1v) is 13.3. The molecule has 6 nitrogen and oxygen atoms in total. The third-order valence-electron chi connectivity index (χ3n) is 8.35. The van der Waals surface area contributed by atoms with Crippen molar-refractivity contribution in [2.24, 2.45) is 5.41 Å². The molecule has 0 amide bonds. The fraction of sp³-hybridized carbons (Fsp3) is 0.533. The van der Waals surface area contributed by atoms with E-state index in [-0.39, 0.29) is 11.3 Å². The number of Topliss-reactive ketones (excluding diaryl/α,β-unsaturated/α-hetero) is 1. The minimum Gasteiger partial charge on any atom is -0.381 e. The molecular weight excluding hydrogens is 448 g/mol. The smallest absolute Gasteiger partial charge is 0.202 e. The van der Waals surface area contributed by atoms with Crippen molar-refractivity contribution in [2.45, 2.75) is 57.9 Å². The number of carbonyl (C=O) groups excluding carboxylic acids is 1. The van der Waals surface area contributed by atoms with Crippen LogP contribution in [0, 0.1) is 17.8 Å². The van der Waals surface area contributed by atoms with Gasteiger partial charge in [-0.3, -0.25) is 9.69 Å². The lowest BCUT2D eigenvalue weighted by molar-refractivity contribution is -0.0373. The van der Waals surface area contributed by atoms with Crippen LogP contribution in [0.15, 0.2) is 30.5 Å². The van der Waals surface area contributed by atoms with Crippen LogP contribution in [0.2, 0.25) is 0 Å². The first-order valence-electron chi connectivity index (χ1n) is 13.3. The number of terminal acetylenes is 1. The summed E-state index contributed by atoms with van der Waals surface area (Å²) in [6.45, 7) is 10.4. The van der Waals surface area contributed by atoms with Crippen molar-refractivity contribution in [1.82, 2.24) is 20.2 Å². The van der Waals surface area contributed by atoms with Gasteiger partial charge in [0, 0.05) is 45.8 Å². The van der Waals surface area contributed by atoms with Gasteiger partial charge in [0.25, 0.3) is 0 Å². The van der Waals surface area contributed by atoms with E-state index in [0.29, 0.717) is 23.4 Å². The van der Waals surface area contributed by atoms with Gasteiger partial charge in [0.05, 0.1) is 11.7 Å². The van der Waals surface area contributed by atoms with E-state index in [4.69, 9.17) is 11.2 Å². The van der Waals surface area contributed by atoms with Crippen LogP contribution in [0.25, 0.3) is 5.57 Å². The van der Waals surface area contributed by atoms with Gasteiger partial charge >= 0.3 is 0 Å². The molecule has 2 fully saturated rings. The van der Waals surface area contributed by atoms with Crippen molar-refractivity contribution in [2.75, 3.05) is 39.4 Å². The molecular formula is C30H38N4O2. The van der Waals surface area contributed by atoms with Gasteiger partial charge in [0.1, 0.15) is 5.69 Å². The molecule has 6 heteroatoms. The predicted molar refractivity (Wildman–Crippen MR) is 143 cm³/mol. The summed E-state index contributed by atoms with van der Waals surface area (Å²) in [5.74, 6) is 2.81. The Kier molecular flexibility index (Phi) is 7.16. The van der Waals surface area contributed by atoms with Crippen LogP contribution in [-0.2, 0) is 16.7 Å². The van der Waals surface area contributed by atoms with Crippen molar-refractivity contribution in [3.8, 4) is 12.3 Å². The van der Waals surface area contributed by atoms with Gasteiger partial charge in [0.2, 0.25) is 5.78 Å². The topological polar surface area (TPSA) is 70.2 Å².